The molecule has 0 fully saturated rings. The van der Waals surface area contributed by atoms with Crippen molar-refractivity contribution in [3.8, 4) is 0 Å². The van der Waals surface area contributed by atoms with E-state index in [9.17, 15) is 14.4 Å². The quantitative estimate of drug-likeness (QED) is 0.783. The van der Waals surface area contributed by atoms with Gasteiger partial charge in [0.2, 0.25) is 11.8 Å². The van der Waals surface area contributed by atoms with Crippen LogP contribution in [0.4, 0.5) is 5.69 Å². The van der Waals surface area contributed by atoms with Crippen LogP contribution in [-0.2, 0) is 11.3 Å². The van der Waals surface area contributed by atoms with Crippen LogP contribution in [0.15, 0.2) is 48.5 Å². The molecule has 118 valence electrons. The number of rotatable bonds is 5. The van der Waals surface area contributed by atoms with E-state index in [1.165, 1.54) is 6.92 Å². The van der Waals surface area contributed by atoms with Crippen molar-refractivity contribution in [1.82, 2.24) is 5.32 Å². The van der Waals surface area contributed by atoms with Crippen LogP contribution in [0.1, 0.15) is 33.2 Å². The molecule has 0 aliphatic rings. The average Bonchev–Trinajstić information content (AvgIpc) is 2.52. The van der Waals surface area contributed by atoms with Gasteiger partial charge < -0.3 is 16.4 Å². The Morgan fingerprint density at radius 1 is 1.00 bits per heavy atom. The molecule has 0 aliphatic carbocycles. The highest BCUT2D eigenvalue weighted by atomic mass is 16.2. The van der Waals surface area contributed by atoms with Gasteiger partial charge in [0.15, 0.2) is 0 Å². The van der Waals surface area contributed by atoms with Crippen molar-refractivity contribution in [2.45, 2.75) is 13.5 Å². The average molecular weight is 311 g/mol. The Labute approximate surface area is 133 Å². The zero-order chi connectivity index (χ0) is 16.8. The van der Waals surface area contributed by atoms with Crippen molar-refractivity contribution >= 4 is 23.4 Å². The molecule has 0 atom stereocenters. The number of carbonyl (C=O) groups excluding carboxylic acids is 3. The van der Waals surface area contributed by atoms with Crippen molar-refractivity contribution < 1.29 is 14.4 Å². The number of hydrogen-bond donors (Lipinski definition) is 3. The number of nitrogens with two attached hydrogens (primary N) is 1. The van der Waals surface area contributed by atoms with Crippen molar-refractivity contribution in [3.05, 3.63) is 65.2 Å². The molecule has 0 aliphatic heterocycles. The molecule has 0 saturated carbocycles. The lowest BCUT2D eigenvalue weighted by molar-refractivity contribution is -0.114. The number of amides is 3. The largest absolute Gasteiger partial charge is 0.366 e. The second-order valence-electron chi connectivity index (χ2n) is 5.01. The van der Waals surface area contributed by atoms with Crippen LogP contribution in [0.5, 0.6) is 0 Å². The van der Waals surface area contributed by atoms with E-state index in [0.717, 1.165) is 5.56 Å². The SMILES string of the molecule is CC(=O)Nc1cccc(C(=O)NCc2cccc(C(N)=O)c2)c1. The Kier molecular flexibility index (Phi) is 5.09. The van der Waals surface area contributed by atoms with Gasteiger partial charge in [0.05, 0.1) is 0 Å². The number of benzene rings is 2. The van der Waals surface area contributed by atoms with Crippen LogP contribution in [0.3, 0.4) is 0 Å². The number of primary amides is 1. The first kappa shape index (κ1) is 16.2. The molecule has 2 aromatic carbocycles. The fourth-order valence-corrected chi connectivity index (χ4v) is 2.06. The molecule has 0 saturated heterocycles. The van der Waals surface area contributed by atoms with Crippen molar-refractivity contribution in [1.29, 1.82) is 0 Å². The first-order valence-corrected chi connectivity index (χ1v) is 7.00. The maximum Gasteiger partial charge on any atom is 0.251 e. The lowest BCUT2D eigenvalue weighted by Gasteiger charge is -2.08. The predicted octanol–water partition coefficient (Wildman–Crippen LogP) is 1.67. The highest BCUT2D eigenvalue weighted by Crippen LogP contribution is 2.11. The van der Waals surface area contributed by atoms with Gasteiger partial charge in [0.25, 0.3) is 5.91 Å². The van der Waals surface area contributed by atoms with Crippen molar-refractivity contribution in [3.63, 3.8) is 0 Å². The Morgan fingerprint density at radius 2 is 1.70 bits per heavy atom. The number of anilines is 1. The Hall–Kier alpha value is -3.15. The predicted molar refractivity (Wildman–Crippen MR) is 86.9 cm³/mol. The van der Waals surface area contributed by atoms with Crippen LogP contribution in [0.25, 0.3) is 0 Å². The van der Waals surface area contributed by atoms with Crippen LogP contribution in [0.2, 0.25) is 0 Å². The first-order chi connectivity index (χ1) is 11.0. The van der Waals surface area contributed by atoms with E-state index in [0.29, 0.717) is 16.8 Å². The minimum atomic E-state index is -0.513. The fourth-order valence-electron chi connectivity index (χ4n) is 2.06. The van der Waals surface area contributed by atoms with Crippen LogP contribution in [-0.4, -0.2) is 17.7 Å². The normalized spacial score (nSPS) is 9.96. The summed E-state index contributed by atoms with van der Waals surface area (Å²) >= 11 is 0. The van der Waals surface area contributed by atoms with Gasteiger partial charge in [-0.3, -0.25) is 14.4 Å². The summed E-state index contributed by atoms with van der Waals surface area (Å²) in [6, 6.07) is 13.4. The second kappa shape index (κ2) is 7.22. The lowest BCUT2D eigenvalue weighted by Crippen LogP contribution is -2.23. The topological polar surface area (TPSA) is 101 Å². The zero-order valence-corrected chi connectivity index (χ0v) is 12.6. The number of hydrogen-bond acceptors (Lipinski definition) is 3. The zero-order valence-electron chi connectivity index (χ0n) is 12.6. The van der Waals surface area contributed by atoms with E-state index in [1.807, 2.05) is 0 Å². The Morgan fingerprint density at radius 3 is 2.39 bits per heavy atom. The maximum atomic E-state index is 12.2. The first-order valence-electron chi connectivity index (χ1n) is 7.00. The van der Waals surface area contributed by atoms with Crippen LogP contribution < -0.4 is 16.4 Å². The standard InChI is InChI=1S/C17H17N3O3/c1-11(21)20-15-7-3-6-14(9-15)17(23)19-10-12-4-2-5-13(8-12)16(18)22/h2-9H,10H2,1H3,(H2,18,22)(H,19,23)(H,20,21). The van der Waals surface area contributed by atoms with Gasteiger partial charge >= 0.3 is 0 Å². The molecule has 0 bridgehead atoms. The minimum Gasteiger partial charge on any atom is -0.366 e. The third-order valence-corrected chi connectivity index (χ3v) is 3.11. The van der Waals surface area contributed by atoms with Gasteiger partial charge in [-0.15, -0.1) is 0 Å². The molecule has 23 heavy (non-hydrogen) atoms. The van der Waals surface area contributed by atoms with E-state index < -0.39 is 5.91 Å². The molecule has 2 aromatic rings. The molecule has 0 radical (unpaired) electrons. The summed E-state index contributed by atoms with van der Waals surface area (Å²) in [5.74, 6) is -0.992. The third-order valence-electron chi connectivity index (χ3n) is 3.11. The van der Waals surface area contributed by atoms with E-state index in [2.05, 4.69) is 10.6 Å². The van der Waals surface area contributed by atoms with E-state index >= 15 is 0 Å². The van der Waals surface area contributed by atoms with Crippen LogP contribution >= 0.6 is 0 Å². The summed E-state index contributed by atoms with van der Waals surface area (Å²) < 4.78 is 0. The van der Waals surface area contributed by atoms with Gasteiger partial charge in [0, 0.05) is 30.3 Å². The smallest absolute Gasteiger partial charge is 0.251 e. The number of nitrogens with one attached hydrogen (secondary N) is 2. The molecule has 2 rings (SSSR count). The van der Waals surface area contributed by atoms with Gasteiger partial charge in [-0.2, -0.15) is 0 Å². The molecule has 6 heteroatoms. The summed E-state index contributed by atoms with van der Waals surface area (Å²) in [4.78, 5) is 34.3. The summed E-state index contributed by atoms with van der Waals surface area (Å²) in [7, 11) is 0. The van der Waals surface area contributed by atoms with E-state index in [-0.39, 0.29) is 18.4 Å². The van der Waals surface area contributed by atoms with Crippen molar-refractivity contribution in [2.75, 3.05) is 5.32 Å². The second-order valence-corrected chi connectivity index (χ2v) is 5.01. The van der Waals surface area contributed by atoms with Gasteiger partial charge in [-0.05, 0) is 35.9 Å². The molecule has 6 nitrogen and oxygen atoms in total. The maximum absolute atomic E-state index is 12.2. The lowest BCUT2D eigenvalue weighted by atomic mass is 10.1. The minimum absolute atomic E-state index is 0.203. The van der Waals surface area contributed by atoms with Gasteiger partial charge in [-0.25, -0.2) is 0 Å². The summed E-state index contributed by atoms with van der Waals surface area (Å²) in [5, 5.41) is 5.38. The van der Waals surface area contributed by atoms with Crippen LogP contribution in [0, 0.1) is 0 Å². The molecule has 0 heterocycles. The monoisotopic (exact) mass is 311 g/mol. The fraction of sp³-hybridized carbons (Fsp3) is 0.118. The molecular weight excluding hydrogens is 294 g/mol. The highest BCUT2D eigenvalue weighted by Gasteiger charge is 2.07. The molecule has 0 unspecified atom stereocenters. The highest BCUT2D eigenvalue weighted by molar-refractivity contribution is 5.97. The summed E-state index contributed by atoms with van der Waals surface area (Å²) in [6.07, 6.45) is 0. The molecule has 4 N–H and O–H groups in total. The van der Waals surface area contributed by atoms with Crippen molar-refractivity contribution in [2.24, 2.45) is 5.73 Å². The molecular formula is C17H17N3O3. The number of carbonyl (C=O) groups is 3. The third kappa shape index (κ3) is 4.67. The summed E-state index contributed by atoms with van der Waals surface area (Å²) in [6.45, 7) is 1.67. The van der Waals surface area contributed by atoms with E-state index in [4.69, 9.17) is 5.73 Å². The Balaban J connectivity index is 2.03. The van der Waals surface area contributed by atoms with E-state index in [1.54, 1.807) is 48.5 Å². The van der Waals surface area contributed by atoms with Gasteiger partial charge in [0.1, 0.15) is 0 Å². The molecule has 0 aromatic heterocycles. The van der Waals surface area contributed by atoms with Gasteiger partial charge in [-0.1, -0.05) is 18.2 Å². The molecule has 3 amide bonds. The Bertz CT molecular complexity index is 756. The summed E-state index contributed by atoms with van der Waals surface area (Å²) in [5.41, 5.74) is 7.38. The molecule has 0 spiro atoms.